The van der Waals surface area contributed by atoms with Crippen LogP contribution in [0.25, 0.3) is 0 Å². The zero-order valence-corrected chi connectivity index (χ0v) is 17.9. The number of aryl methyl sites for hydroxylation is 1. The Bertz CT molecular complexity index is 1010. The molecule has 3 aromatic rings. The Morgan fingerprint density at radius 1 is 0.897 bits per heavy atom. The molecule has 0 aromatic heterocycles. The molecule has 0 bridgehead atoms. The molecule has 6 heteroatoms. The normalized spacial score (nSPS) is 12.5. The summed E-state index contributed by atoms with van der Waals surface area (Å²) >= 11 is 4.91. The summed E-state index contributed by atoms with van der Waals surface area (Å²) in [4.78, 5) is 5.69. The van der Waals surface area contributed by atoms with Crippen molar-refractivity contribution in [3.05, 3.63) is 105 Å². The lowest BCUT2D eigenvalue weighted by Crippen LogP contribution is -2.05. The van der Waals surface area contributed by atoms with Gasteiger partial charge in [0.25, 0.3) is 0 Å². The smallest absolute Gasteiger partial charge is 0.248 e. The molecule has 0 unspecified atom stereocenters. The summed E-state index contributed by atoms with van der Waals surface area (Å²) in [5, 5.41) is 1.89. The number of thioether (sulfide) groups is 1. The Balaban J connectivity index is 1.89. The fourth-order valence-electron chi connectivity index (χ4n) is 2.48. The number of rotatable bonds is 5. The second kappa shape index (κ2) is 9.46. The number of alkyl halides is 3. The molecule has 3 aromatic carbocycles. The van der Waals surface area contributed by atoms with Crippen LogP contribution in [0.3, 0.4) is 0 Å². The lowest BCUT2D eigenvalue weighted by atomic mass is 10.1. The highest BCUT2D eigenvalue weighted by Crippen LogP contribution is 2.29. The van der Waals surface area contributed by atoms with E-state index in [0.29, 0.717) is 17.0 Å². The predicted molar refractivity (Wildman–Crippen MR) is 118 cm³/mol. The van der Waals surface area contributed by atoms with Crippen molar-refractivity contribution in [2.24, 2.45) is 4.99 Å². The van der Waals surface area contributed by atoms with Crippen LogP contribution < -0.4 is 0 Å². The molecule has 148 valence electrons. The first-order valence-corrected chi connectivity index (χ1v) is 10.4. The molecule has 0 spiro atoms. The first kappa shape index (κ1) is 21.4. The van der Waals surface area contributed by atoms with Crippen molar-refractivity contribution in [2.75, 3.05) is 0 Å². The molecular formula is C23H17BrF3NS. The van der Waals surface area contributed by atoms with Crippen LogP contribution in [0.1, 0.15) is 16.7 Å². The second-order valence-electron chi connectivity index (χ2n) is 6.28. The predicted octanol–water partition coefficient (Wildman–Crippen LogP) is 8.20. The molecule has 0 aliphatic carbocycles. The quantitative estimate of drug-likeness (QED) is 0.267. The van der Waals surface area contributed by atoms with E-state index >= 15 is 0 Å². The van der Waals surface area contributed by atoms with E-state index in [1.54, 1.807) is 0 Å². The van der Waals surface area contributed by atoms with E-state index in [2.05, 4.69) is 20.9 Å². The van der Waals surface area contributed by atoms with Gasteiger partial charge in [0, 0.05) is 14.9 Å². The third-order valence-corrected chi connectivity index (χ3v) is 5.38. The van der Waals surface area contributed by atoms with E-state index in [0.717, 1.165) is 21.5 Å². The molecule has 29 heavy (non-hydrogen) atoms. The zero-order chi connectivity index (χ0) is 20.9. The molecule has 1 nitrogen and oxygen atoms in total. The molecule has 0 heterocycles. The van der Waals surface area contributed by atoms with Crippen LogP contribution >= 0.6 is 27.7 Å². The highest BCUT2D eigenvalue weighted by Gasteiger charge is 2.30. The highest BCUT2D eigenvalue weighted by molar-refractivity contribution is 9.10. The number of benzene rings is 3. The molecule has 0 saturated heterocycles. The van der Waals surface area contributed by atoms with Gasteiger partial charge in [0.05, 0.1) is 17.0 Å². The van der Waals surface area contributed by atoms with Gasteiger partial charge in [-0.1, -0.05) is 57.5 Å². The van der Waals surface area contributed by atoms with Gasteiger partial charge in [0.1, 0.15) is 0 Å². The van der Waals surface area contributed by atoms with Gasteiger partial charge >= 0.3 is 6.18 Å². The third kappa shape index (κ3) is 6.34. The summed E-state index contributed by atoms with van der Waals surface area (Å²) in [7, 11) is 0. The fourth-order valence-corrected chi connectivity index (χ4v) is 3.39. The molecular weight excluding hydrogens is 459 g/mol. The number of hydrogen-bond acceptors (Lipinski definition) is 2. The van der Waals surface area contributed by atoms with E-state index < -0.39 is 11.7 Å². The Morgan fingerprint density at radius 2 is 1.52 bits per heavy atom. The molecule has 0 atom stereocenters. The lowest BCUT2D eigenvalue weighted by molar-refractivity contribution is -0.137. The van der Waals surface area contributed by atoms with Crippen LogP contribution in [0.15, 0.2) is 98.6 Å². The van der Waals surface area contributed by atoms with E-state index in [1.807, 2.05) is 66.9 Å². The molecule has 3 rings (SSSR count). The number of allylic oxidation sites excluding steroid dienone is 1. The average Bonchev–Trinajstić information content (AvgIpc) is 2.70. The molecule has 0 aliphatic rings. The highest BCUT2D eigenvalue weighted by atomic mass is 79.9. The molecule has 0 N–H and O–H groups in total. The summed E-state index contributed by atoms with van der Waals surface area (Å²) in [5.41, 5.74) is 2.42. The van der Waals surface area contributed by atoms with Crippen molar-refractivity contribution < 1.29 is 13.2 Å². The minimum atomic E-state index is -4.36. The first-order chi connectivity index (χ1) is 13.8. The largest absolute Gasteiger partial charge is 0.416 e. The van der Waals surface area contributed by atoms with Crippen molar-refractivity contribution in [3.63, 3.8) is 0 Å². The van der Waals surface area contributed by atoms with Crippen LogP contribution in [0.5, 0.6) is 0 Å². The van der Waals surface area contributed by atoms with Crippen molar-refractivity contribution >= 4 is 39.1 Å². The van der Waals surface area contributed by atoms with Gasteiger partial charge in [-0.3, -0.25) is 0 Å². The molecule has 0 radical (unpaired) electrons. The summed E-state index contributed by atoms with van der Waals surface area (Å²) in [5.74, 6) is 0. The number of halogens is 4. The van der Waals surface area contributed by atoms with Gasteiger partial charge in [0.15, 0.2) is 0 Å². The molecule has 0 amide bonds. The van der Waals surface area contributed by atoms with Crippen LogP contribution in [-0.2, 0) is 6.18 Å². The second-order valence-corrected chi connectivity index (χ2v) is 8.18. The van der Waals surface area contributed by atoms with Crippen LogP contribution in [0.2, 0.25) is 0 Å². The number of nitrogens with zero attached hydrogens (tertiary/aromatic N) is 1. The number of hydrogen-bond donors (Lipinski definition) is 0. The topological polar surface area (TPSA) is 12.4 Å². The maximum Gasteiger partial charge on any atom is 0.416 e. The Labute approximate surface area is 180 Å². The average molecular weight is 476 g/mol. The van der Waals surface area contributed by atoms with Crippen LogP contribution in [0, 0.1) is 6.92 Å². The van der Waals surface area contributed by atoms with Crippen LogP contribution in [-0.4, -0.2) is 5.71 Å². The standard InChI is InChI=1S/C23H17BrF3NS/c1-16-2-12-21(13-3-16)29-15-14-22(28-20-10-8-19(24)9-11-20)17-4-6-18(7-5-17)23(25,26)27/h2-15H,1H3. The molecule has 0 aliphatic heterocycles. The summed E-state index contributed by atoms with van der Waals surface area (Å²) in [6.07, 6.45) is -2.55. The van der Waals surface area contributed by atoms with Gasteiger partial charge in [-0.25, -0.2) is 4.99 Å². The van der Waals surface area contributed by atoms with Gasteiger partial charge < -0.3 is 0 Å². The monoisotopic (exact) mass is 475 g/mol. The minimum Gasteiger partial charge on any atom is -0.248 e. The maximum absolute atomic E-state index is 12.9. The van der Waals surface area contributed by atoms with Crippen molar-refractivity contribution in [2.45, 2.75) is 18.0 Å². The maximum atomic E-state index is 12.9. The Hall–Kier alpha value is -2.31. The van der Waals surface area contributed by atoms with E-state index in [4.69, 9.17) is 0 Å². The summed E-state index contributed by atoms with van der Waals surface area (Å²) < 4.78 is 39.5. The van der Waals surface area contributed by atoms with E-state index in [9.17, 15) is 13.2 Å². The van der Waals surface area contributed by atoms with Gasteiger partial charge in [-0.2, -0.15) is 13.2 Å². The lowest BCUT2D eigenvalue weighted by Gasteiger charge is -2.08. The van der Waals surface area contributed by atoms with E-state index in [-0.39, 0.29) is 0 Å². The van der Waals surface area contributed by atoms with Crippen molar-refractivity contribution in [1.29, 1.82) is 0 Å². The first-order valence-electron chi connectivity index (χ1n) is 8.73. The number of aliphatic imine (C=N–C) groups is 1. The zero-order valence-electron chi connectivity index (χ0n) is 15.5. The summed E-state index contributed by atoms with van der Waals surface area (Å²) in [6, 6.07) is 20.6. The van der Waals surface area contributed by atoms with Crippen LogP contribution in [0.4, 0.5) is 18.9 Å². The molecule has 0 fully saturated rings. The van der Waals surface area contributed by atoms with Crippen molar-refractivity contribution in [1.82, 2.24) is 0 Å². The van der Waals surface area contributed by atoms with Gasteiger partial charge in [0.2, 0.25) is 0 Å². The Morgan fingerprint density at radius 3 is 2.10 bits per heavy atom. The van der Waals surface area contributed by atoms with Gasteiger partial charge in [-0.05, 0) is 66.9 Å². The van der Waals surface area contributed by atoms with Gasteiger partial charge in [-0.15, -0.1) is 0 Å². The third-order valence-electron chi connectivity index (χ3n) is 4.04. The van der Waals surface area contributed by atoms with E-state index in [1.165, 1.54) is 29.5 Å². The fraction of sp³-hybridized carbons (Fsp3) is 0.0870. The summed E-state index contributed by atoms with van der Waals surface area (Å²) in [6.45, 7) is 2.03. The minimum absolute atomic E-state index is 0.584. The van der Waals surface area contributed by atoms with Crippen molar-refractivity contribution in [3.8, 4) is 0 Å². The SMILES string of the molecule is Cc1ccc(SC=CC(=Nc2ccc(Br)cc2)c2ccc(C(F)(F)F)cc2)cc1. The Kier molecular flexibility index (Phi) is 6.98. The molecule has 0 saturated carbocycles.